The second-order valence-electron chi connectivity index (χ2n) is 5.52. The van der Waals surface area contributed by atoms with E-state index in [0.717, 1.165) is 23.0 Å². The minimum Gasteiger partial charge on any atom is -0.497 e. The van der Waals surface area contributed by atoms with Gasteiger partial charge in [0.15, 0.2) is 0 Å². The summed E-state index contributed by atoms with van der Waals surface area (Å²) in [5, 5.41) is 0. The van der Waals surface area contributed by atoms with E-state index >= 15 is 0 Å². The quantitative estimate of drug-likeness (QED) is 0.884. The molecule has 1 fully saturated rings. The Kier molecular flexibility index (Phi) is 4.70. The first kappa shape index (κ1) is 14.2. The van der Waals surface area contributed by atoms with E-state index in [-0.39, 0.29) is 6.04 Å². The number of rotatable bonds is 5. The lowest BCUT2D eigenvalue weighted by molar-refractivity contribution is 0.385. The van der Waals surface area contributed by atoms with E-state index in [0.29, 0.717) is 5.92 Å². The molecule has 1 aliphatic rings. The van der Waals surface area contributed by atoms with Crippen molar-refractivity contribution in [3.05, 3.63) is 23.8 Å². The topological polar surface area (TPSA) is 44.5 Å². The highest BCUT2D eigenvalue weighted by molar-refractivity contribution is 5.40. The zero-order valence-corrected chi connectivity index (χ0v) is 12.2. The predicted molar refractivity (Wildman–Crippen MR) is 77.6 cm³/mol. The molecule has 0 aromatic heterocycles. The van der Waals surface area contributed by atoms with Crippen molar-refractivity contribution >= 4 is 0 Å². The van der Waals surface area contributed by atoms with Gasteiger partial charge < -0.3 is 15.2 Å². The fraction of sp³-hybridized carbons (Fsp3) is 0.625. The number of nitrogens with two attached hydrogens (primary N) is 1. The second-order valence-corrected chi connectivity index (χ2v) is 5.52. The van der Waals surface area contributed by atoms with Gasteiger partial charge in [0.1, 0.15) is 11.5 Å². The molecule has 0 heterocycles. The lowest BCUT2D eigenvalue weighted by Gasteiger charge is -2.21. The Morgan fingerprint density at radius 2 is 1.79 bits per heavy atom. The van der Waals surface area contributed by atoms with Gasteiger partial charge in [-0.05, 0) is 42.4 Å². The van der Waals surface area contributed by atoms with Crippen LogP contribution in [-0.4, -0.2) is 14.2 Å². The van der Waals surface area contributed by atoms with Gasteiger partial charge in [-0.1, -0.05) is 19.8 Å². The van der Waals surface area contributed by atoms with Crippen LogP contribution >= 0.6 is 0 Å². The fourth-order valence-electron chi connectivity index (χ4n) is 3.10. The van der Waals surface area contributed by atoms with Gasteiger partial charge in [0.25, 0.3) is 0 Å². The monoisotopic (exact) mass is 263 g/mol. The number of methoxy groups -OCH3 is 2. The fourth-order valence-corrected chi connectivity index (χ4v) is 3.10. The number of ether oxygens (including phenoxy) is 2. The van der Waals surface area contributed by atoms with E-state index in [2.05, 4.69) is 6.92 Å². The van der Waals surface area contributed by atoms with Gasteiger partial charge in [-0.2, -0.15) is 0 Å². The Morgan fingerprint density at radius 1 is 1.16 bits per heavy atom. The smallest absolute Gasteiger partial charge is 0.122 e. The Hall–Kier alpha value is -1.22. The molecule has 0 saturated heterocycles. The minimum absolute atomic E-state index is 0.0838. The van der Waals surface area contributed by atoms with Gasteiger partial charge in [0.05, 0.1) is 14.2 Å². The Balaban J connectivity index is 2.16. The summed E-state index contributed by atoms with van der Waals surface area (Å²) in [5.41, 5.74) is 7.58. The summed E-state index contributed by atoms with van der Waals surface area (Å²) >= 11 is 0. The largest absolute Gasteiger partial charge is 0.497 e. The molecular weight excluding hydrogens is 238 g/mol. The molecule has 0 amide bonds. The van der Waals surface area contributed by atoms with Gasteiger partial charge in [-0.15, -0.1) is 0 Å². The van der Waals surface area contributed by atoms with E-state index in [1.807, 2.05) is 18.2 Å². The van der Waals surface area contributed by atoms with Crippen LogP contribution in [0.5, 0.6) is 11.5 Å². The zero-order valence-electron chi connectivity index (χ0n) is 12.2. The van der Waals surface area contributed by atoms with Crippen molar-refractivity contribution in [2.24, 2.45) is 17.6 Å². The molecule has 3 nitrogen and oxygen atoms in total. The molecule has 19 heavy (non-hydrogen) atoms. The van der Waals surface area contributed by atoms with E-state index in [1.54, 1.807) is 14.2 Å². The Morgan fingerprint density at radius 3 is 2.26 bits per heavy atom. The standard InChI is InChI=1S/C16H25NO2/c1-4-11-5-6-12(7-11)16(17)13-8-14(18-2)10-15(9-13)19-3/h8-12,16H,4-7,17H2,1-3H3. The van der Waals surface area contributed by atoms with Crippen molar-refractivity contribution < 1.29 is 9.47 Å². The van der Waals surface area contributed by atoms with Gasteiger partial charge in [0, 0.05) is 12.1 Å². The number of benzene rings is 1. The first-order valence-electron chi connectivity index (χ1n) is 7.16. The normalized spacial score (nSPS) is 24.2. The summed E-state index contributed by atoms with van der Waals surface area (Å²) in [6.45, 7) is 2.27. The maximum absolute atomic E-state index is 6.45. The summed E-state index contributed by atoms with van der Waals surface area (Å²) in [6, 6.07) is 6.04. The second kappa shape index (κ2) is 6.29. The number of hydrogen-bond donors (Lipinski definition) is 1. The van der Waals surface area contributed by atoms with Gasteiger partial charge in [-0.3, -0.25) is 0 Å². The van der Waals surface area contributed by atoms with E-state index in [1.165, 1.54) is 25.7 Å². The van der Waals surface area contributed by atoms with Crippen LogP contribution in [0.25, 0.3) is 0 Å². The third-order valence-corrected chi connectivity index (χ3v) is 4.43. The molecule has 0 spiro atoms. The molecule has 3 atom stereocenters. The van der Waals surface area contributed by atoms with Crippen LogP contribution in [0.4, 0.5) is 0 Å². The molecule has 2 N–H and O–H groups in total. The molecule has 3 heteroatoms. The van der Waals surface area contributed by atoms with Gasteiger partial charge in [-0.25, -0.2) is 0 Å². The van der Waals surface area contributed by atoms with Crippen LogP contribution in [0.3, 0.4) is 0 Å². The average Bonchev–Trinajstić information content (AvgIpc) is 2.94. The molecule has 0 radical (unpaired) electrons. The van der Waals surface area contributed by atoms with Gasteiger partial charge >= 0.3 is 0 Å². The van der Waals surface area contributed by atoms with Crippen LogP contribution in [0.15, 0.2) is 18.2 Å². The third-order valence-electron chi connectivity index (χ3n) is 4.43. The summed E-state index contributed by atoms with van der Waals surface area (Å²) in [5.74, 6) is 3.06. The van der Waals surface area contributed by atoms with E-state index in [4.69, 9.17) is 15.2 Å². The highest BCUT2D eigenvalue weighted by Crippen LogP contribution is 2.40. The van der Waals surface area contributed by atoms with Crippen molar-refractivity contribution in [3.63, 3.8) is 0 Å². The molecule has 3 unspecified atom stereocenters. The van der Waals surface area contributed by atoms with Gasteiger partial charge in [0.2, 0.25) is 0 Å². The highest BCUT2D eigenvalue weighted by atomic mass is 16.5. The third kappa shape index (κ3) is 3.21. The molecule has 1 aromatic rings. The van der Waals surface area contributed by atoms with E-state index < -0.39 is 0 Å². The lowest BCUT2D eigenvalue weighted by atomic mass is 9.91. The predicted octanol–water partition coefficient (Wildman–Crippen LogP) is 3.53. The molecule has 1 aromatic carbocycles. The summed E-state index contributed by atoms with van der Waals surface area (Å²) in [7, 11) is 3.35. The average molecular weight is 263 g/mol. The minimum atomic E-state index is 0.0838. The molecule has 0 aliphatic heterocycles. The summed E-state index contributed by atoms with van der Waals surface area (Å²) < 4.78 is 10.6. The summed E-state index contributed by atoms with van der Waals surface area (Å²) in [6.07, 6.45) is 5.07. The molecule has 1 aliphatic carbocycles. The maximum Gasteiger partial charge on any atom is 0.122 e. The summed E-state index contributed by atoms with van der Waals surface area (Å²) in [4.78, 5) is 0. The molecule has 106 valence electrons. The SMILES string of the molecule is CCC1CCC(C(N)c2cc(OC)cc(OC)c2)C1. The molecule has 1 saturated carbocycles. The zero-order chi connectivity index (χ0) is 13.8. The first-order chi connectivity index (χ1) is 9.17. The lowest BCUT2D eigenvalue weighted by Crippen LogP contribution is -2.19. The van der Waals surface area contributed by atoms with Crippen LogP contribution in [0.1, 0.15) is 44.2 Å². The van der Waals surface area contributed by atoms with Crippen LogP contribution < -0.4 is 15.2 Å². The van der Waals surface area contributed by atoms with Crippen molar-refractivity contribution in [2.45, 2.75) is 38.6 Å². The van der Waals surface area contributed by atoms with Crippen molar-refractivity contribution in [1.82, 2.24) is 0 Å². The molecule has 2 rings (SSSR count). The van der Waals surface area contributed by atoms with Crippen molar-refractivity contribution in [2.75, 3.05) is 14.2 Å². The maximum atomic E-state index is 6.45. The Bertz CT molecular complexity index is 397. The molecule has 0 bridgehead atoms. The van der Waals surface area contributed by atoms with Crippen molar-refractivity contribution in [3.8, 4) is 11.5 Å². The van der Waals surface area contributed by atoms with Crippen LogP contribution in [0.2, 0.25) is 0 Å². The van der Waals surface area contributed by atoms with Crippen LogP contribution in [-0.2, 0) is 0 Å². The van der Waals surface area contributed by atoms with E-state index in [9.17, 15) is 0 Å². The Labute approximate surface area is 116 Å². The van der Waals surface area contributed by atoms with Crippen LogP contribution in [0, 0.1) is 11.8 Å². The highest BCUT2D eigenvalue weighted by Gasteiger charge is 2.29. The first-order valence-corrected chi connectivity index (χ1v) is 7.16. The van der Waals surface area contributed by atoms with Crippen molar-refractivity contribution in [1.29, 1.82) is 0 Å². The molecular formula is C16H25NO2. The number of hydrogen-bond acceptors (Lipinski definition) is 3.